The van der Waals surface area contributed by atoms with E-state index < -0.39 is 9.84 Å². The van der Waals surface area contributed by atoms with Crippen molar-refractivity contribution in [3.63, 3.8) is 0 Å². The lowest BCUT2D eigenvalue weighted by molar-refractivity contribution is -0.114. The van der Waals surface area contributed by atoms with Crippen molar-refractivity contribution in [1.29, 1.82) is 0 Å². The number of sulfone groups is 1. The van der Waals surface area contributed by atoms with Crippen molar-refractivity contribution in [3.8, 4) is 0 Å². The van der Waals surface area contributed by atoms with Gasteiger partial charge in [-0.05, 0) is 48.5 Å². The van der Waals surface area contributed by atoms with Crippen LogP contribution in [-0.4, -0.2) is 48.8 Å². The Balaban J connectivity index is 1.55. The van der Waals surface area contributed by atoms with Crippen molar-refractivity contribution >= 4 is 60.0 Å². The number of anilines is 2. The van der Waals surface area contributed by atoms with Crippen LogP contribution in [0.2, 0.25) is 0 Å². The topological polar surface area (TPSA) is 78.8 Å². The van der Waals surface area contributed by atoms with E-state index in [2.05, 4.69) is 26.2 Å². The number of nitrogens with zero attached hydrogens (tertiary/aromatic N) is 2. The summed E-state index contributed by atoms with van der Waals surface area (Å²) in [5.41, 5.74) is 1.27. The molecule has 29 heavy (non-hydrogen) atoms. The number of aliphatic imine (C=N–C) groups is 1. The Morgan fingerprint density at radius 1 is 1.17 bits per heavy atom. The first kappa shape index (κ1) is 20.4. The standard InChI is InChI=1S/C19H17BrFN3O3S2/c20-12-1-5-14(6-2-12)22-18(25)9-24(15-7-3-13(21)4-8-15)19-23-16-10-29(26,27)11-17(16)28-19/h1-8,16-17H,9-11H2,(H,22,25)/t16-,17+/m0/s1. The molecule has 0 aliphatic carbocycles. The van der Waals surface area contributed by atoms with Gasteiger partial charge in [0.05, 0.1) is 17.5 Å². The average Bonchev–Trinajstić information content (AvgIpc) is 3.16. The third-order valence-electron chi connectivity index (χ3n) is 4.60. The number of benzene rings is 2. The summed E-state index contributed by atoms with van der Waals surface area (Å²) in [6.07, 6.45) is 0. The molecule has 6 nitrogen and oxygen atoms in total. The van der Waals surface area contributed by atoms with Gasteiger partial charge in [0.15, 0.2) is 15.0 Å². The number of halogens is 2. The van der Waals surface area contributed by atoms with Gasteiger partial charge >= 0.3 is 0 Å². The van der Waals surface area contributed by atoms with Gasteiger partial charge in [0.2, 0.25) is 5.91 Å². The summed E-state index contributed by atoms with van der Waals surface area (Å²) < 4.78 is 37.9. The van der Waals surface area contributed by atoms with Gasteiger partial charge in [0, 0.05) is 21.1 Å². The second kappa shape index (κ2) is 8.08. The Kier molecular flexibility index (Phi) is 5.67. The summed E-state index contributed by atoms with van der Waals surface area (Å²) in [4.78, 5) is 18.9. The number of carbonyl (C=O) groups excluding carboxylic acids is 1. The highest BCUT2D eigenvalue weighted by atomic mass is 79.9. The lowest BCUT2D eigenvalue weighted by Crippen LogP contribution is -2.36. The Morgan fingerprint density at radius 2 is 1.86 bits per heavy atom. The fourth-order valence-corrected chi connectivity index (χ4v) is 7.28. The van der Waals surface area contributed by atoms with Crippen molar-refractivity contribution in [2.24, 2.45) is 4.99 Å². The molecule has 0 aromatic heterocycles. The zero-order valence-corrected chi connectivity index (χ0v) is 18.3. The Hall–Kier alpha value is -1.91. The molecule has 2 atom stereocenters. The highest BCUT2D eigenvalue weighted by Crippen LogP contribution is 2.36. The number of amidine groups is 1. The molecule has 2 heterocycles. The molecule has 0 saturated carbocycles. The largest absolute Gasteiger partial charge is 0.325 e. The van der Waals surface area contributed by atoms with Crippen LogP contribution in [0.5, 0.6) is 0 Å². The number of nitrogens with one attached hydrogen (secondary N) is 1. The smallest absolute Gasteiger partial charge is 0.244 e. The summed E-state index contributed by atoms with van der Waals surface area (Å²) in [5, 5.41) is 3.26. The zero-order chi connectivity index (χ0) is 20.6. The predicted octanol–water partition coefficient (Wildman–Crippen LogP) is 3.30. The highest BCUT2D eigenvalue weighted by Gasteiger charge is 2.44. The van der Waals surface area contributed by atoms with Crippen LogP contribution in [0, 0.1) is 5.82 Å². The van der Waals surface area contributed by atoms with E-state index >= 15 is 0 Å². The van der Waals surface area contributed by atoms with Gasteiger partial charge in [-0.1, -0.05) is 27.7 Å². The van der Waals surface area contributed by atoms with Gasteiger partial charge in [-0.3, -0.25) is 9.79 Å². The molecule has 1 N–H and O–H groups in total. The SMILES string of the molecule is O=C(CN(C1=N[C@H]2CS(=O)(=O)C[C@H]2S1)c1ccc(F)cc1)Nc1ccc(Br)cc1. The van der Waals surface area contributed by atoms with Gasteiger partial charge in [-0.2, -0.15) is 0 Å². The van der Waals surface area contributed by atoms with Crippen LogP contribution in [0.25, 0.3) is 0 Å². The number of rotatable bonds is 4. The molecule has 1 fully saturated rings. The fourth-order valence-electron chi connectivity index (χ4n) is 3.24. The van der Waals surface area contributed by atoms with Gasteiger partial charge < -0.3 is 10.2 Å². The van der Waals surface area contributed by atoms with Gasteiger partial charge in [0.1, 0.15) is 12.4 Å². The number of thioether (sulfide) groups is 1. The van der Waals surface area contributed by atoms with Crippen molar-refractivity contribution < 1.29 is 17.6 Å². The van der Waals surface area contributed by atoms with E-state index in [1.165, 1.54) is 23.9 Å². The second-order valence-corrected chi connectivity index (χ2v) is 11.1. The molecule has 0 unspecified atom stereocenters. The Labute approximate surface area is 180 Å². The van der Waals surface area contributed by atoms with Crippen LogP contribution in [0.15, 0.2) is 58.0 Å². The molecule has 0 radical (unpaired) electrons. The fraction of sp³-hybridized carbons (Fsp3) is 0.263. The Morgan fingerprint density at radius 3 is 2.52 bits per heavy atom. The van der Waals surface area contributed by atoms with Crippen molar-refractivity contribution in [2.75, 3.05) is 28.3 Å². The van der Waals surface area contributed by atoms with Gasteiger partial charge in [0.25, 0.3) is 0 Å². The predicted molar refractivity (Wildman–Crippen MR) is 118 cm³/mol. The van der Waals surface area contributed by atoms with Crippen LogP contribution in [-0.2, 0) is 14.6 Å². The van der Waals surface area contributed by atoms with E-state index in [1.807, 2.05) is 12.1 Å². The summed E-state index contributed by atoms with van der Waals surface area (Å²) in [6.45, 7) is -0.0281. The molecule has 4 rings (SSSR count). The van der Waals surface area contributed by atoms with E-state index in [0.717, 1.165) is 4.47 Å². The quantitative estimate of drug-likeness (QED) is 0.700. The number of hydrogen-bond donors (Lipinski definition) is 1. The van der Waals surface area contributed by atoms with Crippen molar-refractivity contribution in [1.82, 2.24) is 0 Å². The maximum atomic E-state index is 13.4. The van der Waals surface area contributed by atoms with Gasteiger partial charge in [-0.25, -0.2) is 12.8 Å². The summed E-state index contributed by atoms with van der Waals surface area (Å²) in [5.74, 6) is -0.532. The van der Waals surface area contributed by atoms with E-state index in [0.29, 0.717) is 16.5 Å². The molecule has 1 amide bonds. The van der Waals surface area contributed by atoms with Gasteiger partial charge in [-0.15, -0.1) is 0 Å². The number of carbonyl (C=O) groups is 1. The molecule has 2 aromatic rings. The molecule has 1 saturated heterocycles. The average molecular weight is 498 g/mol. The van der Waals surface area contributed by atoms with Crippen LogP contribution < -0.4 is 10.2 Å². The first-order valence-corrected chi connectivity index (χ1v) is 12.3. The summed E-state index contributed by atoms with van der Waals surface area (Å²) in [7, 11) is -3.07. The van der Waals surface area contributed by atoms with E-state index in [9.17, 15) is 17.6 Å². The normalized spacial score (nSPS) is 22.1. The van der Waals surface area contributed by atoms with Crippen LogP contribution in [0.1, 0.15) is 0 Å². The number of fused-ring (bicyclic) bond motifs is 1. The van der Waals surface area contributed by atoms with Crippen LogP contribution >= 0.6 is 27.7 Å². The minimum absolute atomic E-state index is 0.0243. The number of amides is 1. The first-order chi connectivity index (χ1) is 13.8. The van der Waals surface area contributed by atoms with E-state index in [1.54, 1.807) is 29.2 Å². The molecule has 10 heteroatoms. The van der Waals surface area contributed by atoms with E-state index in [4.69, 9.17) is 0 Å². The van der Waals surface area contributed by atoms with Crippen LogP contribution in [0.4, 0.5) is 15.8 Å². The molecule has 2 aromatic carbocycles. The molecule has 2 aliphatic rings. The lowest BCUT2D eigenvalue weighted by Gasteiger charge is -2.24. The third kappa shape index (κ3) is 4.81. The monoisotopic (exact) mass is 497 g/mol. The molecule has 2 aliphatic heterocycles. The Bertz CT molecular complexity index is 1060. The minimum atomic E-state index is -3.07. The van der Waals surface area contributed by atoms with Crippen LogP contribution in [0.3, 0.4) is 0 Å². The molecule has 0 spiro atoms. The summed E-state index contributed by atoms with van der Waals surface area (Å²) in [6, 6.07) is 12.7. The lowest BCUT2D eigenvalue weighted by atomic mass is 10.2. The number of hydrogen-bond acceptors (Lipinski definition) is 6. The zero-order valence-electron chi connectivity index (χ0n) is 15.1. The molecule has 0 bridgehead atoms. The van der Waals surface area contributed by atoms with Crippen molar-refractivity contribution in [3.05, 3.63) is 58.8 Å². The highest BCUT2D eigenvalue weighted by molar-refractivity contribution is 9.10. The van der Waals surface area contributed by atoms with Crippen molar-refractivity contribution in [2.45, 2.75) is 11.3 Å². The third-order valence-corrected chi connectivity index (χ3v) is 8.38. The minimum Gasteiger partial charge on any atom is -0.325 e. The summed E-state index contributed by atoms with van der Waals surface area (Å²) >= 11 is 4.71. The maximum absolute atomic E-state index is 13.4. The molecular weight excluding hydrogens is 481 g/mol. The second-order valence-electron chi connectivity index (χ2n) is 6.83. The first-order valence-electron chi connectivity index (χ1n) is 8.82. The van der Waals surface area contributed by atoms with E-state index in [-0.39, 0.29) is 41.1 Å². The molecular formula is C19H17BrFN3O3S2. The maximum Gasteiger partial charge on any atom is 0.244 e. The molecule has 152 valence electrons.